The predicted molar refractivity (Wildman–Crippen MR) is 150 cm³/mol. The maximum atomic E-state index is 13.1. The first-order valence-electron chi connectivity index (χ1n) is 12.9. The Balaban J connectivity index is 1.31. The van der Waals surface area contributed by atoms with Crippen molar-refractivity contribution in [3.8, 4) is 0 Å². The van der Waals surface area contributed by atoms with Gasteiger partial charge < -0.3 is 25.7 Å². The summed E-state index contributed by atoms with van der Waals surface area (Å²) in [4.78, 5) is 33.2. The van der Waals surface area contributed by atoms with E-state index in [1.165, 1.54) is 4.57 Å². The molecule has 9 heteroatoms. The van der Waals surface area contributed by atoms with Crippen LogP contribution in [0, 0.1) is 13.8 Å². The Morgan fingerprint density at radius 3 is 2.76 bits per heavy atom. The molecule has 0 aliphatic carbocycles. The minimum Gasteiger partial charge on any atom is -0.375 e. The Morgan fingerprint density at radius 2 is 1.92 bits per heavy atom. The number of carbonyl (C=O) groups excluding carboxylic acids is 1. The zero-order valence-corrected chi connectivity index (χ0v) is 22.3. The lowest BCUT2D eigenvalue weighted by Gasteiger charge is -2.13. The van der Waals surface area contributed by atoms with Crippen LogP contribution in [0.1, 0.15) is 27.9 Å². The molecule has 9 nitrogen and oxygen atoms in total. The van der Waals surface area contributed by atoms with E-state index >= 15 is 0 Å². The number of anilines is 1. The van der Waals surface area contributed by atoms with Gasteiger partial charge in [0, 0.05) is 48.6 Å². The molecule has 0 saturated heterocycles. The topological polar surface area (TPSA) is 113 Å². The van der Waals surface area contributed by atoms with E-state index in [0.29, 0.717) is 32.0 Å². The highest BCUT2D eigenvalue weighted by atomic mass is 16.5. The number of amides is 1. The lowest BCUT2D eigenvalue weighted by atomic mass is 10.1. The van der Waals surface area contributed by atoms with Crippen molar-refractivity contribution in [3.05, 3.63) is 93.2 Å². The van der Waals surface area contributed by atoms with Crippen LogP contribution in [-0.2, 0) is 35.6 Å². The van der Waals surface area contributed by atoms with E-state index in [0.717, 1.165) is 46.1 Å². The predicted octanol–water partition coefficient (Wildman–Crippen LogP) is 3.05. The van der Waals surface area contributed by atoms with E-state index in [2.05, 4.69) is 44.1 Å². The first kappa shape index (κ1) is 27.1. The van der Waals surface area contributed by atoms with Gasteiger partial charge in [-0.2, -0.15) is 0 Å². The minimum atomic E-state index is -0.309. The molecule has 0 bridgehead atoms. The third-order valence-corrected chi connectivity index (χ3v) is 6.46. The van der Waals surface area contributed by atoms with Crippen molar-refractivity contribution in [2.24, 2.45) is 0 Å². The zero-order valence-electron chi connectivity index (χ0n) is 22.3. The number of aromatic nitrogens is 3. The van der Waals surface area contributed by atoms with Gasteiger partial charge in [-0.3, -0.25) is 14.2 Å². The third kappa shape index (κ3) is 7.08. The van der Waals surface area contributed by atoms with Gasteiger partial charge in [-0.25, -0.2) is 4.98 Å². The van der Waals surface area contributed by atoms with Gasteiger partial charge in [-0.05, 0) is 61.7 Å². The average Bonchev–Trinajstić information content (AvgIpc) is 3.29. The first-order chi connectivity index (χ1) is 18.4. The summed E-state index contributed by atoms with van der Waals surface area (Å²) in [7, 11) is 1.90. The number of aryl methyl sites for hydroxylation is 2. The van der Waals surface area contributed by atoms with Crippen LogP contribution in [0.3, 0.4) is 0 Å². The maximum absolute atomic E-state index is 13.1. The Labute approximate surface area is 222 Å². The van der Waals surface area contributed by atoms with E-state index in [9.17, 15) is 9.59 Å². The summed E-state index contributed by atoms with van der Waals surface area (Å²) in [6, 6.07) is 14.3. The third-order valence-electron chi connectivity index (χ3n) is 6.46. The number of aromatic amines is 1. The van der Waals surface area contributed by atoms with Crippen molar-refractivity contribution in [1.82, 2.24) is 25.2 Å². The first-order valence-corrected chi connectivity index (χ1v) is 12.9. The number of fused-ring (bicyclic) bond motifs is 1. The van der Waals surface area contributed by atoms with Crippen LogP contribution in [0.25, 0.3) is 10.9 Å². The molecule has 1 amide bonds. The second-order valence-corrected chi connectivity index (χ2v) is 9.42. The molecule has 0 aliphatic rings. The molecule has 0 atom stereocenters. The molecular weight excluding hydrogens is 480 g/mol. The van der Waals surface area contributed by atoms with E-state index in [1.54, 1.807) is 13.1 Å². The zero-order chi connectivity index (χ0) is 26.9. The Morgan fingerprint density at radius 1 is 1.08 bits per heavy atom. The van der Waals surface area contributed by atoms with Crippen LogP contribution in [0.5, 0.6) is 0 Å². The smallest absolute Gasteiger partial charge is 0.293 e. The number of nitrogens with zero attached hydrogens (tertiary/aromatic N) is 2. The molecule has 0 spiro atoms. The number of rotatable bonds is 13. The number of likely N-dealkylation sites (N-methyl/N-ethyl adjacent to an activating group) is 1. The second-order valence-electron chi connectivity index (χ2n) is 9.42. The standard InChI is InChI=1S/C29H36N6O3/c1-20-15-32-26-8-7-23(14-25(20)26)17-33-27(36)18-35-21(2)16-34-28(29(35)37)31-10-9-22-5-4-6-24(13-22)19-38-12-11-30-3/h4-8,13-16,30,32H,9-12,17-19H2,1-3H3,(H,31,34)(H,33,36). The summed E-state index contributed by atoms with van der Waals surface area (Å²) in [5.41, 5.74) is 5.81. The number of benzene rings is 2. The van der Waals surface area contributed by atoms with Gasteiger partial charge >= 0.3 is 0 Å². The number of H-pyrrole nitrogens is 1. The average molecular weight is 517 g/mol. The van der Waals surface area contributed by atoms with Gasteiger partial charge in [-0.15, -0.1) is 0 Å². The van der Waals surface area contributed by atoms with Gasteiger partial charge in [0.25, 0.3) is 5.56 Å². The second kappa shape index (κ2) is 13.0. The number of hydrogen-bond acceptors (Lipinski definition) is 6. The highest BCUT2D eigenvalue weighted by Gasteiger charge is 2.12. The summed E-state index contributed by atoms with van der Waals surface area (Å²) < 4.78 is 7.11. The molecule has 2 heterocycles. The SMILES string of the molecule is CNCCOCc1cccc(CCNc2ncc(C)n(CC(=O)NCc3ccc4[nH]cc(C)c4c3)c2=O)c1. The fourth-order valence-electron chi connectivity index (χ4n) is 4.27. The fraction of sp³-hybridized carbons (Fsp3) is 0.345. The Hall–Kier alpha value is -3.95. The molecular formula is C29H36N6O3. The highest BCUT2D eigenvalue weighted by molar-refractivity contribution is 5.83. The molecule has 4 rings (SSSR count). The van der Waals surface area contributed by atoms with Crippen LogP contribution in [-0.4, -0.2) is 47.2 Å². The highest BCUT2D eigenvalue weighted by Crippen LogP contribution is 2.18. The van der Waals surface area contributed by atoms with Crippen molar-refractivity contribution in [1.29, 1.82) is 0 Å². The van der Waals surface area contributed by atoms with Crippen molar-refractivity contribution in [3.63, 3.8) is 0 Å². The van der Waals surface area contributed by atoms with Crippen LogP contribution in [0.2, 0.25) is 0 Å². The van der Waals surface area contributed by atoms with Crippen molar-refractivity contribution < 1.29 is 9.53 Å². The Kier molecular flexibility index (Phi) is 9.29. The van der Waals surface area contributed by atoms with Gasteiger partial charge in [0.1, 0.15) is 6.54 Å². The van der Waals surface area contributed by atoms with Gasteiger partial charge in [0.2, 0.25) is 5.91 Å². The fourth-order valence-corrected chi connectivity index (χ4v) is 4.27. The lowest BCUT2D eigenvalue weighted by molar-refractivity contribution is -0.121. The molecule has 0 radical (unpaired) electrons. The van der Waals surface area contributed by atoms with Crippen LogP contribution < -0.4 is 21.5 Å². The quantitative estimate of drug-likeness (QED) is 0.203. The molecule has 200 valence electrons. The number of carbonyl (C=O) groups is 1. The summed E-state index contributed by atoms with van der Waals surface area (Å²) in [6.07, 6.45) is 4.31. The normalized spacial score (nSPS) is 11.1. The largest absolute Gasteiger partial charge is 0.375 e. The molecule has 0 fully saturated rings. The van der Waals surface area contributed by atoms with Gasteiger partial charge in [0.05, 0.1) is 13.2 Å². The lowest BCUT2D eigenvalue weighted by Crippen LogP contribution is -2.34. The van der Waals surface area contributed by atoms with Crippen molar-refractivity contribution >= 4 is 22.6 Å². The van der Waals surface area contributed by atoms with E-state index in [-0.39, 0.29) is 23.8 Å². The van der Waals surface area contributed by atoms with Crippen molar-refractivity contribution in [2.75, 3.05) is 32.1 Å². The molecule has 4 aromatic rings. The monoisotopic (exact) mass is 516 g/mol. The summed E-state index contributed by atoms with van der Waals surface area (Å²) >= 11 is 0. The summed E-state index contributed by atoms with van der Waals surface area (Å²) in [5.74, 6) is 0.00956. The molecule has 0 aliphatic heterocycles. The maximum Gasteiger partial charge on any atom is 0.293 e. The van der Waals surface area contributed by atoms with E-state index < -0.39 is 0 Å². The Bertz CT molecular complexity index is 1440. The summed E-state index contributed by atoms with van der Waals surface area (Å²) in [5, 5.41) is 10.3. The summed E-state index contributed by atoms with van der Waals surface area (Å²) in [6.45, 7) is 6.73. The molecule has 0 unspecified atom stereocenters. The molecule has 2 aromatic heterocycles. The molecule has 38 heavy (non-hydrogen) atoms. The van der Waals surface area contributed by atoms with E-state index in [4.69, 9.17) is 4.74 Å². The number of ether oxygens (including phenoxy) is 1. The number of hydrogen-bond donors (Lipinski definition) is 4. The van der Waals surface area contributed by atoms with Crippen LogP contribution in [0.4, 0.5) is 5.82 Å². The molecule has 2 aromatic carbocycles. The number of nitrogens with one attached hydrogen (secondary N) is 4. The van der Waals surface area contributed by atoms with Crippen LogP contribution in [0.15, 0.2) is 59.7 Å². The van der Waals surface area contributed by atoms with Crippen LogP contribution >= 0.6 is 0 Å². The minimum absolute atomic E-state index is 0.0666. The molecule has 0 saturated carbocycles. The van der Waals surface area contributed by atoms with Gasteiger partial charge in [-0.1, -0.05) is 30.3 Å². The van der Waals surface area contributed by atoms with Gasteiger partial charge in [0.15, 0.2) is 5.82 Å². The van der Waals surface area contributed by atoms with Crippen molar-refractivity contribution in [2.45, 2.75) is 40.0 Å². The molecule has 4 N–H and O–H groups in total. The van der Waals surface area contributed by atoms with E-state index in [1.807, 2.05) is 44.4 Å².